The summed E-state index contributed by atoms with van der Waals surface area (Å²) in [6.07, 6.45) is 4.41. The summed E-state index contributed by atoms with van der Waals surface area (Å²) in [5, 5.41) is 8.41. The number of nitrogens with one attached hydrogen (secondary N) is 1. The number of nitrogens with zero attached hydrogens (tertiary/aromatic N) is 1. The minimum Gasteiger partial charge on any atom is -0.350 e. The summed E-state index contributed by atoms with van der Waals surface area (Å²) in [6, 6.07) is 10.7. The molecular formula is C15H14N2O3. The van der Waals surface area contributed by atoms with Gasteiger partial charge in [0.15, 0.2) is 5.78 Å². The summed E-state index contributed by atoms with van der Waals surface area (Å²) in [7, 11) is 1.78. The highest BCUT2D eigenvalue weighted by molar-refractivity contribution is 6.09. The Morgan fingerprint density at radius 2 is 1.90 bits per heavy atom. The summed E-state index contributed by atoms with van der Waals surface area (Å²) in [5.74, 6) is -0.699. The molecule has 102 valence electrons. The first-order valence-electron chi connectivity index (χ1n) is 6.00. The maximum Gasteiger partial charge on any atom is 0.267 e. The fourth-order valence-corrected chi connectivity index (χ4v) is 1.83. The number of benzene rings is 1. The molecule has 0 aliphatic heterocycles. The van der Waals surface area contributed by atoms with E-state index in [1.807, 2.05) is 18.2 Å². The number of carbonyl (C=O) groups excluding carboxylic acids is 2. The van der Waals surface area contributed by atoms with Crippen LogP contribution in [-0.4, -0.2) is 21.5 Å². The summed E-state index contributed by atoms with van der Waals surface area (Å²) in [5.41, 5.74) is 3.35. The van der Waals surface area contributed by atoms with Crippen LogP contribution in [0.3, 0.4) is 0 Å². The van der Waals surface area contributed by atoms with E-state index in [0.29, 0.717) is 16.8 Å². The van der Waals surface area contributed by atoms with Crippen LogP contribution in [0.5, 0.6) is 0 Å². The number of hydrogen-bond donors (Lipinski definition) is 2. The van der Waals surface area contributed by atoms with Gasteiger partial charge in [-0.15, -0.1) is 0 Å². The van der Waals surface area contributed by atoms with Gasteiger partial charge >= 0.3 is 0 Å². The number of carbonyl (C=O) groups is 2. The maximum atomic E-state index is 12.2. The van der Waals surface area contributed by atoms with E-state index in [1.165, 1.54) is 17.6 Å². The Kier molecular flexibility index (Phi) is 4.12. The lowest BCUT2D eigenvalue weighted by molar-refractivity contribution is -0.124. The Labute approximate surface area is 116 Å². The second kappa shape index (κ2) is 5.99. The predicted molar refractivity (Wildman–Crippen MR) is 74.3 cm³/mol. The number of aromatic nitrogens is 1. The van der Waals surface area contributed by atoms with Crippen molar-refractivity contribution < 1.29 is 14.8 Å². The summed E-state index contributed by atoms with van der Waals surface area (Å²) >= 11 is 0. The third-order valence-corrected chi connectivity index (χ3v) is 2.86. The highest BCUT2D eigenvalue weighted by Gasteiger charge is 2.11. The van der Waals surface area contributed by atoms with Crippen molar-refractivity contribution >= 4 is 17.8 Å². The normalized spacial score (nSPS) is 10.7. The molecule has 5 nitrogen and oxygen atoms in total. The zero-order chi connectivity index (χ0) is 14.5. The Bertz CT molecular complexity index is 657. The molecule has 5 heteroatoms. The van der Waals surface area contributed by atoms with Crippen molar-refractivity contribution in [3.05, 3.63) is 65.5 Å². The Balaban J connectivity index is 2.25. The monoisotopic (exact) mass is 270 g/mol. The number of hydroxylamine groups is 1. The van der Waals surface area contributed by atoms with E-state index in [0.717, 1.165) is 0 Å². The van der Waals surface area contributed by atoms with Crippen molar-refractivity contribution in [1.29, 1.82) is 0 Å². The highest BCUT2D eigenvalue weighted by atomic mass is 16.5. The van der Waals surface area contributed by atoms with Crippen LogP contribution in [-0.2, 0) is 11.8 Å². The van der Waals surface area contributed by atoms with Gasteiger partial charge in [0.2, 0.25) is 0 Å². The molecule has 2 N–H and O–H groups in total. The van der Waals surface area contributed by atoms with Crippen molar-refractivity contribution in [3.63, 3.8) is 0 Å². The second-order valence-corrected chi connectivity index (χ2v) is 4.27. The lowest BCUT2D eigenvalue weighted by atomic mass is 10.1. The van der Waals surface area contributed by atoms with E-state index in [2.05, 4.69) is 0 Å². The van der Waals surface area contributed by atoms with Gasteiger partial charge in [0, 0.05) is 36.1 Å². The first-order valence-corrected chi connectivity index (χ1v) is 6.00. The Hall–Kier alpha value is -2.66. The van der Waals surface area contributed by atoms with Gasteiger partial charge in [-0.2, -0.15) is 0 Å². The second-order valence-electron chi connectivity index (χ2n) is 4.27. The standard InChI is InChI=1S/C15H14N2O3/c1-17-10-12(9-13(17)7-8-14(18)16-20)15(19)11-5-3-2-4-6-11/h2-10,20H,1H3,(H,16,18). The first-order chi connectivity index (χ1) is 9.61. The van der Waals surface area contributed by atoms with Crippen molar-refractivity contribution in [2.24, 2.45) is 7.05 Å². The molecule has 2 rings (SSSR count). The molecule has 0 saturated heterocycles. The molecule has 0 unspecified atom stereocenters. The molecule has 1 amide bonds. The van der Waals surface area contributed by atoms with E-state index in [4.69, 9.17) is 5.21 Å². The van der Waals surface area contributed by atoms with Gasteiger partial charge in [-0.05, 0) is 12.1 Å². The van der Waals surface area contributed by atoms with Gasteiger partial charge in [0.1, 0.15) is 0 Å². The van der Waals surface area contributed by atoms with Gasteiger partial charge in [-0.1, -0.05) is 30.3 Å². The van der Waals surface area contributed by atoms with Crippen LogP contribution in [0.2, 0.25) is 0 Å². The van der Waals surface area contributed by atoms with Gasteiger partial charge in [0.25, 0.3) is 5.91 Å². The van der Waals surface area contributed by atoms with Crippen LogP contribution in [0.25, 0.3) is 6.08 Å². The summed E-state index contributed by atoms with van der Waals surface area (Å²) in [6.45, 7) is 0. The molecule has 0 bridgehead atoms. The van der Waals surface area contributed by atoms with E-state index in [1.54, 1.807) is 36.0 Å². The van der Waals surface area contributed by atoms with E-state index < -0.39 is 5.91 Å². The molecule has 1 aromatic heterocycles. The first kappa shape index (κ1) is 13.8. The average molecular weight is 270 g/mol. The van der Waals surface area contributed by atoms with Gasteiger partial charge in [0.05, 0.1) is 0 Å². The van der Waals surface area contributed by atoms with Gasteiger partial charge in [-0.25, -0.2) is 5.48 Å². The molecule has 20 heavy (non-hydrogen) atoms. The van der Waals surface area contributed by atoms with Crippen LogP contribution >= 0.6 is 0 Å². The van der Waals surface area contributed by atoms with Crippen LogP contribution in [0.15, 0.2) is 48.7 Å². The van der Waals surface area contributed by atoms with E-state index >= 15 is 0 Å². The largest absolute Gasteiger partial charge is 0.350 e. The lowest BCUT2D eigenvalue weighted by Gasteiger charge is -1.96. The molecule has 1 heterocycles. The third-order valence-electron chi connectivity index (χ3n) is 2.86. The minimum absolute atomic E-state index is 0.0764. The Morgan fingerprint density at radius 1 is 1.20 bits per heavy atom. The lowest BCUT2D eigenvalue weighted by Crippen LogP contribution is -2.14. The Morgan fingerprint density at radius 3 is 2.55 bits per heavy atom. The SMILES string of the molecule is Cn1cc(C(=O)c2ccccc2)cc1C=CC(=O)NO. The van der Waals surface area contributed by atoms with Crippen LogP contribution in [0.4, 0.5) is 0 Å². The number of hydrogen-bond acceptors (Lipinski definition) is 3. The predicted octanol–water partition coefficient (Wildman–Crippen LogP) is 1.77. The number of aryl methyl sites for hydroxylation is 1. The number of ketones is 1. The van der Waals surface area contributed by atoms with E-state index in [9.17, 15) is 9.59 Å². The smallest absolute Gasteiger partial charge is 0.267 e. The highest BCUT2D eigenvalue weighted by Crippen LogP contribution is 2.14. The zero-order valence-electron chi connectivity index (χ0n) is 10.9. The van der Waals surface area contributed by atoms with Gasteiger partial charge in [-0.3, -0.25) is 14.8 Å². The molecule has 0 spiro atoms. The molecule has 0 radical (unpaired) electrons. The molecular weight excluding hydrogens is 256 g/mol. The van der Waals surface area contributed by atoms with Crippen molar-refractivity contribution in [1.82, 2.24) is 10.0 Å². The average Bonchev–Trinajstić information content (AvgIpc) is 2.86. The number of amides is 1. The third kappa shape index (κ3) is 3.02. The molecule has 0 atom stereocenters. The van der Waals surface area contributed by atoms with Gasteiger partial charge < -0.3 is 4.57 Å². The number of rotatable bonds is 4. The maximum absolute atomic E-state index is 12.2. The molecule has 1 aromatic carbocycles. The van der Waals surface area contributed by atoms with Crippen LogP contribution in [0, 0.1) is 0 Å². The minimum atomic E-state index is -0.623. The molecule has 0 aliphatic carbocycles. The molecule has 0 aliphatic rings. The van der Waals surface area contributed by atoms with Crippen LogP contribution < -0.4 is 5.48 Å². The summed E-state index contributed by atoms with van der Waals surface area (Å²) in [4.78, 5) is 23.2. The quantitative estimate of drug-likeness (QED) is 0.385. The van der Waals surface area contributed by atoms with Crippen molar-refractivity contribution in [3.8, 4) is 0 Å². The fraction of sp³-hybridized carbons (Fsp3) is 0.0667. The zero-order valence-corrected chi connectivity index (χ0v) is 10.9. The van der Waals surface area contributed by atoms with E-state index in [-0.39, 0.29) is 5.78 Å². The topological polar surface area (TPSA) is 71.3 Å². The molecule has 2 aromatic rings. The molecule has 0 saturated carbocycles. The van der Waals surface area contributed by atoms with Crippen LogP contribution in [0.1, 0.15) is 21.6 Å². The van der Waals surface area contributed by atoms with Crippen molar-refractivity contribution in [2.45, 2.75) is 0 Å². The fourth-order valence-electron chi connectivity index (χ4n) is 1.83. The van der Waals surface area contributed by atoms with Crippen molar-refractivity contribution in [2.75, 3.05) is 0 Å². The molecule has 0 fully saturated rings. The summed E-state index contributed by atoms with van der Waals surface area (Å²) < 4.78 is 1.73.